The molecule has 0 aliphatic heterocycles. The molecule has 0 amide bonds. The van der Waals surface area contributed by atoms with Crippen LogP contribution in [0.1, 0.15) is 19.4 Å². The number of alkyl halides is 4. The van der Waals surface area contributed by atoms with E-state index in [2.05, 4.69) is 15.4 Å². The summed E-state index contributed by atoms with van der Waals surface area (Å²) in [6.07, 6.45) is 5.43. The van der Waals surface area contributed by atoms with Crippen molar-refractivity contribution in [3.8, 4) is 23.8 Å². The van der Waals surface area contributed by atoms with Crippen molar-refractivity contribution in [1.29, 1.82) is 0 Å². The topological polar surface area (TPSA) is 38.7 Å². The van der Waals surface area contributed by atoms with Crippen molar-refractivity contribution >= 4 is 10.8 Å². The molecule has 1 unspecified atom stereocenters. The van der Waals surface area contributed by atoms with E-state index in [-0.39, 0.29) is 5.92 Å². The Morgan fingerprint density at radius 3 is 1.92 bits per heavy atom. The average Bonchev–Trinajstić information content (AvgIpc) is 2.53. The van der Waals surface area contributed by atoms with E-state index in [1.165, 1.54) is 12.1 Å². The predicted octanol–water partition coefficient (Wildman–Crippen LogP) is 4.52. The Labute approximate surface area is 142 Å². The summed E-state index contributed by atoms with van der Waals surface area (Å²) in [6.45, 7) is -2.94. The van der Waals surface area contributed by atoms with Crippen LogP contribution < -0.4 is 9.47 Å². The number of aliphatic hydroxyl groups is 1. The fraction of sp³-hybridized carbons (Fsp3) is 0.333. The van der Waals surface area contributed by atoms with Crippen molar-refractivity contribution in [3.63, 3.8) is 0 Å². The molecule has 0 saturated heterocycles. The van der Waals surface area contributed by atoms with Gasteiger partial charge in [0.05, 0.1) is 0 Å². The van der Waals surface area contributed by atoms with Gasteiger partial charge in [-0.2, -0.15) is 17.6 Å². The molecule has 0 fully saturated rings. The molecule has 1 atom stereocenters. The monoisotopic (exact) mass is 356 g/mol. The zero-order valence-corrected chi connectivity index (χ0v) is 13.5. The van der Waals surface area contributed by atoms with E-state index in [1.54, 1.807) is 19.9 Å². The lowest BCUT2D eigenvalue weighted by Crippen LogP contribution is -2.29. The number of halogens is 4. The first kappa shape index (κ1) is 18.9. The van der Waals surface area contributed by atoms with Gasteiger partial charge in [0, 0.05) is 0 Å². The highest BCUT2D eigenvalue weighted by Crippen LogP contribution is 2.37. The van der Waals surface area contributed by atoms with Crippen molar-refractivity contribution < 1.29 is 32.1 Å². The lowest BCUT2D eigenvalue weighted by Gasteiger charge is -2.27. The van der Waals surface area contributed by atoms with Gasteiger partial charge in [0.2, 0.25) is 0 Å². The van der Waals surface area contributed by atoms with E-state index in [9.17, 15) is 22.7 Å². The second-order valence-corrected chi connectivity index (χ2v) is 5.68. The quantitative estimate of drug-likeness (QED) is 0.611. The molecule has 0 spiro atoms. The molecule has 0 aromatic heterocycles. The van der Waals surface area contributed by atoms with Gasteiger partial charge >= 0.3 is 13.2 Å². The summed E-state index contributed by atoms with van der Waals surface area (Å²) < 4.78 is 58.5. The Bertz CT molecular complexity index is 799. The molecule has 0 bridgehead atoms. The van der Waals surface area contributed by atoms with E-state index < -0.39 is 30.3 Å². The van der Waals surface area contributed by atoms with Crippen molar-refractivity contribution in [3.05, 3.63) is 35.9 Å². The Morgan fingerprint density at radius 2 is 1.48 bits per heavy atom. The van der Waals surface area contributed by atoms with Gasteiger partial charge in [-0.25, -0.2) is 0 Å². The van der Waals surface area contributed by atoms with Crippen LogP contribution in [0, 0.1) is 18.3 Å². The minimum absolute atomic E-state index is 0.312. The van der Waals surface area contributed by atoms with Gasteiger partial charge in [-0.1, -0.05) is 31.9 Å². The first-order valence-corrected chi connectivity index (χ1v) is 7.35. The van der Waals surface area contributed by atoms with Crippen molar-refractivity contribution in [2.75, 3.05) is 0 Å². The van der Waals surface area contributed by atoms with Gasteiger partial charge in [-0.3, -0.25) is 0 Å². The summed E-state index contributed by atoms with van der Waals surface area (Å²) in [5.41, 5.74) is -1.18. The Morgan fingerprint density at radius 1 is 0.960 bits per heavy atom. The maximum Gasteiger partial charge on any atom is 0.387 e. The SMILES string of the molecule is C#CC(O)(c1ccc2cc(OC(F)F)c(OC(F)F)cc2c1)C(C)C. The third kappa shape index (κ3) is 3.97. The highest BCUT2D eigenvalue weighted by atomic mass is 19.3. The maximum absolute atomic E-state index is 12.5. The second kappa shape index (κ2) is 7.19. The molecular formula is C18H16F4O3. The van der Waals surface area contributed by atoms with E-state index in [0.717, 1.165) is 12.1 Å². The maximum atomic E-state index is 12.5. The minimum atomic E-state index is -3.21. The predicted molar refractivity (Wildman–Crippen MR) is 84.8 cm³/mol. The van der Waals surface area contributed by atoms with Crippen LogP contribution in [0.5, 0.6) is 11.5 Å². The highest BCUT2D eigenvalue weighted by molar-refractivity contribution is 5.87. The standard InChI is InChI=1S/C18H16F4O3/c1-4-18(23,10(2)3)13-6-5-11-8-14(24-16(19)20)15(25-17(21)22)9-12(11)7-13/h1,5-10,16-17,23H,2-3H3. The van der Waals surface area contributed by atoms with Crippen LogP contribution in [-0.4, -0.2) is 18.3 Å². The third-order valence-corrected chi connectivity index (χ3v) is 3.83. The van der Waals surface area contributed by atoms with E-state index in [0.29, 0.717) is 16.3 Å². The zero-order chi connectivity index (χ0) is 18.8. The lowest BCUT2D eigenvalue weighted by molar-refractivity contribution is -0.0690. The van der Waals surface area contributed by atoms with Crippen molar-refractivity contribution in [2.45, 2.75) is 32.7 Å². The van der Waals surface area contributed by atoms with Crippen LogP contribution in [0.15, 0.2) is 30.3 Å². The Hall–Kier alpha value is -2.46. The van der Waals surface area contributed by atoms with Crippen LogP contribution >= 0.6 is 0 Å². The molecule has 1 N–H and O–H groups in total. The number of hydrogen-bond donors (Lipinski definition) is 1. The van der Waals surface area contributed by atoms with Gasteiger partial charge in [0.15, 0.2) is 17.1 Å². The van der Waals surface area contributed by atoms with Gasteiger partial charge in [-0.15, -0.1) is 6.42 Å². The van der Waals surface area contributed by atoms with Gasteiger partial charge in [0.25, 0.3) is 0 Å². The van der Waals surface area contributed by atoms with Gasteiger partial charge < -0.3 is 14.6 Å². The first-order chi connectivity index (χ1) is 11.7. The number of fused-ring (bicyclic) bond motifs is 1. The largest absolute Gasteiger partial charge is 0.431 e. The van der Waals surface area contributed by atoms with Crippen LogP contribution in [-0.2, 0) is 5.60 Å². The molecule has 0 heterocycles. The molecule has 7 heteroatoms. The fourth-order valence-electron chi connectivity index (χ4n) is 2.45. The summed E-state index contributed by atoms with van der Waals surface area (Å²) in [7, 11) is 0. The molecule has 0 saturated carbocycles. The number of hydrogen-bond acceptors (Lipinski definition) is 3. The third-order valence-electron chi connectivity index (χ3n) is 3.83. The number of terminal acetylenes is 1. The van der Waals surface area contributed by atoms with Gasteiger partial charge in [-0.05, 0) is 40.5 Å². The molecule has 25 heavy (non-hydrogen) atoms. The normalized spacial score (nSPS) is 14.0. The Kier molecular flexibility index (Phi) is 5.43. The van der Waals surface area contributed by atoms with Crippen molar-refractivity contribution in [2.24, 2.45) is 5.92 Å². The molecule has 0 aliphatic carbocycles. The number of rotatable bonds is 6. The summed E-state index contributed by atoms with van der Waals surface area (Å²) in [5, 5.41) is 11.4. The Balaban J connectivity index is 2.60. The molecule has 2 rings (SSSR count). The van der Waals surface area contributed by atoms with Crippen molar-refractivity contribution in [1.82, 2.24) is 0 Å². The summed E-state index contributed by atoms with van der Waals surface area (Å²) in [6, 6.07) is 6.87. The minimum Gasteiger partial charge on any atom is -0.431 e. The van der Waals surface area contributed by atoms with Crippen LogP contribution in [0.4, 0.5) is 17.6 Å². The molecule has 0 aliphatic rings. The van der Waals surface area contributed by atoms with Crippen LogP contribution in [0.25, 0.3) is 10.8 Å². The second-order valence-electron chi connectivity index (χ2n) is 5.68. The summed E-state index contributed by atoms with van der Waals surface area (Å²) >= 11 is 0. The molecule has 0 radical (unpaired) electrons. The van der Waals surface area contributed by atoms with Crippen LogP contribution in [0.3, 0.4) is 0 Å². The zero-order valence-electron chi connectivity index (χ0n) is 13.5. The summed E-state index contributed by atoms with van der Waals surface area (Å²) in [4.78, 5) is 0. The van der Waals surface area contributed by atoms with Gasteiger partial charge in [0.1, 0.15) is 0 Å². The van der Waals surface area contributed by atoms with E-state index in [1.807, 2.05) is 0 Å². The number of ether oxygens (including phenoxy) is 2. The first-order valence-electron chi connectivity index (χ1n) is 7.35. The fourth-order valence-corrected chi connectivity index (χ4v) is 2.45. The van der Waals surface area contributed by atoms with Crippen LogP contribution in [0.2, 0.25) is 0 Å². The molecule has 3 nitrogen and oxygen atoms in total. The lowest BCUT2D eigenvalue weighted by atomic mass is 9.83. The highest BCUT2D eigenvalue weighted by Gasteiger charge is 2.31. The average molecular weight is 356 g/mol. The number of benzene rings is 2. The van der Waals surface area contributed by atoms with E-state index >= 15 is 0 Å². The summed E-state index contributed by atoms with van der Waals surface area (Å²) in [5.74, 6) is 0.970. The van der Waals surface area contributed by atoms with E-state index in [4.69, 9.17) is 6.42 Å². The molecule has 2 aromatic carbocycles. The molecule has 134 valence electrons. The molecular weight excluding hydrogens is 340 g/mol. The smallest absolute Gasteiger partial charge is 0.387 e. The molecule has 2 aromatic rings.